The maximum absolute atomic E-state index is 11.6. The van der Waals surface area contributed by atoms with Crippen molar-refractivity contribution in [1.82, 2.24) is 0 Å². The van der Waals surface area contributed by atoms with Gasteiger partial charge in [0, 0.05) is 0 Å². The third kappa shape index (κ3) is 2.73. The summed E-state index contributed by atoms with van der Waals surface area (Å²) in [5.74, 6) is -1.93. The van der Waals surface area contributed by atoms with Crippen molar-refractivity contribution in [3.8, 4) is 11.8 Å². The number of nitriles is 1. The van der Waals surface area contributed by atoms with Crippen molar-refractivity contribution < 1.29 is 23.1 Å². The number of rotatable bonds is 4. The van der Waals surface area contributed by atoms with Crippen molar-refractivity contribution in [3.63, 3.8) is 0 Å². The van der Waals surface area contributed by atoms with Crippen molar-refractivity contribution in [1.29, 1.82) is 5.26 Å². The summed E-state index contributed by atoms with van der Waals surface area (Å²) in [5.41, 5.74) is -0.258. The van der Waals surface area contributed by atoms with E-state index in [2.05, 4.69) is 0 Å². The van der Waals surface area contributed by atoms with Crippen LogP contribution in [0, 0.1) is 11.3 Å². The molecule has 0 saturated carbocycles. The van der Waals surface area contributed by atoms with Crippen molar-refractivity contribution in [2.45, 2.75) is 4.90 Å². The second kappa shape index (κ2) is 4.84. The average molecular weight is 255 g/mol. The van der Waals surface area contributed by atoms with E-state index in [0.717, 1.165) is 6.07 Å². The normalized spacial score (nSPS) is 10.6. The highest BCUT2D eigenvalue weighted by atomic mass is 32.2. The Morgan fingerprint density at radius 3 is 2.65 bits per heavy atom. The van der Waals surface area contributed by atoms with Crippen LogP contribution in [0.3, 0.4) is 0 Å². The van der Waals surface area contributed by atoms with Gasteiger partial charge in [0.05, 0.1) is 18.1 Å². The first-order valence-corrected chi connectivity index (χ1v) is 6.08. The Morgan fingerprint density at radius 1 is 1.53 bits per heavy atom. The van der Waals surface area contributed by atoms with Crippen molar-refractivity contribution in [2.75, 3.05) is 12.9 Å². The van der Waals surface area contributed by atoms with E-state index in [9.17, 15) is 13.2 Å². The summed E-state index contributed by atoms with van der Waals surface area (Å²) < 4.78 is 27.9. The summed E-state index contributed by atoms with van der Waals surface area (Å²) >= 11 is 0. The predicted octanol–water partition coefficient (Wildman–Crippen LogP) is 0.691. The number of hydrogen-bond donors (Lipinski definition) is 1. The molecule has 1 aromatic carbocycles. The fourth-order valence-corrected chi connectivity index (χ4v) is 2.13. The molecule has 0 heterocycles. The summed E-state index contributed by atoms with van der Waals surface area (Å²) in [6.45, 7) is 0. The zero-order valence-electron chi connectivity index (χ0n) is 8.87. The van der Waals surface area contributed by atoms with E-state index in [0.29, 0.717) is 0 Å². The number of nitrogens with zero attached hydrogens (tertiary/aromatic N) is 1. The Bertz CT molecular complexity index is 585. The molecule has 0 atom stereocenters. The van der Waals surface area contributed by atoms with E-state index in [4.69, 9.17) is 15.1 Å². The Morgan fingerprint density at radius 2 is 2.18 bits per heavy atom. The van der Waals surface area contributed by atoms with Gasteiger partial charge in [-0.3, -0.25) is 0 Å². The lowest BCUT2D eigenvalue weighted by atomic mass is 10.2. The summed E-state index contributed by atoms with van der Waals surface area (Å²) in [7, 11) is -2.49. The molecule has 1 N–H and O–H groups in total. The van der Waals surface area contributed by atoms with Crippen LogP contribution in [0.5, 0.6) is 5.75 Å². The maximum Gasteiger partial charge on any atom is 0.339 e. The van der Waals surface area contributed by atoms with Crippen LogP contribution in [-0.4, -0.2) is 32.4 Å². The van der Waals surface area contributed by atoms with Gasteiger partial charge in [0.25, 0.3) is 0 Å². The Balaban J connectivity index is 3.37. The average Bonchev–Trinajstić information content (AvgIpc) is 2.28. The Labute approximate surface area is 98.0 Å². The second-order valence-corrected chi connectivity index (χ2v) is 5.07. The number of hydrogen-bond acceptors (Lipinski definition) is 5. The number of carbonyl (C=O) groups is 1. The van der Waals surface area contributed by atoms with Crippen molar-refractivity contribution in [3.05, 3.63) is 23.8 Å². The first-order chi connectivity index (χ1) is 7.92. The summed E-state index contributed by atoms with van der Waals surface area (Å²) in [6, 6.07) is 4.95. The molecule has 1 rings (SSSR count). The lowest BCUT2D eigenvalue weighted by Gasteiger charge is -2.06. The first kappa shape index (κ1) is 13.0. The highest BCUT2D eigenvalue weighted by molar-refractivity contribution is 7.91. The van der Waals surface area contributed by atoms with Crippen LogP contribution < -0.4 is 4.74 Å². The van der Waals surface area contributed by atoms with Crippen LogP contribution in [0.4, 0.5) is 0 Å². The molecule has 0 radical (unpaired) electrons. The molecule has 0 unspecified atom stereocenters. The smallest absolute Gasteiger partial charge is 0.339 e. The monoisotopic (exact) mass is 255 g/mol. The molecule has 0 spiro atoms. The van der Waals surface area contributed by atoms with Gasteiger partial charge in [-0.05, 0) is 18.2 Å². The molecule has 0 amide bonds. The minimum absolute atomic E-state index is 0.0633. The maximum atomic E-state index is 11.6. The molecule has 7 heteroatoms. The SMILES string of the molecule is COc1ccc(S(=O)(=O)CC#N)cc1C(=O)O. The van der Waals surface area contributed by atoms with Crippen LogP contribution in [0.2, 0.25) is 0 Å². The van der Waals surface area contributed by atoms with Crippen LogP contribution in [0.15, 0.2) is 23.1 Å². The van der Waals surface area contributed by atoms with Gasteiger partial charge in [-0.15, -0.1) is 0 Å². The molecular weight excluding hydrogens is 246 g/mol. The molecule has 0 fully saturated rings. The lowest BCUT2D eigenvalue weighted by Crippen LogP contribution is -2.08. The van der Waals surface area contributed by atoms with E-state index in [1.165, 1.54) is 25.3 Å². The number of aromatic carboxylic acids is 1. The van der Waals surface area contributed by atoms with Crippen molar-refractivity contribution in [2.24, 2.45) is 0 Å². The van der Waals surface area contributed by atoms with Gasteiger partial charge >= 0.3 is 5.97 Å². The van der Waals surface area contributed by atoms with E-state index in [1.54, 1.807) is 0 Å². The Hall–Kier alpha value is -2.07. The fraction of sp³-hybridized carbons (Fsp3) is 0.200. The minimum Gasteiger partial charge on any atom is -0.496 e. The summed E-state index contributed by atoms with van der Waals surface area (Å²) in [5, 5.41) is 17.2. The molecule has 0 aromatic heterocycles. The van der Waals surface area contributed by atoms with Gasteiger partial charge < -0.3 is 9.84 Å². The van der Waals surface area contributed by atoms with E-state index in [-0.39, 0.29) is 16.2 Å². The molecule has 0 bridgehead atoms. The molecule has 1 aromatic rings. The molecular formula is C10H9NO5S. The standard InChI is InChI=1S/C10H9NO5S/c1-16-9-3-2-7(6-8(9)10(12)13)17(14,15)5-4-11/h2-3,6H,5H2,1H3,(H,12,13). The predicted molar refractivity (Wildman–Crippen MR) is 57.6 cm³/mol. The van der Waals surface area contributed by atoms with Crippen LogP contribution in [0.1, 0.15) is 10.4 Å². The Kier molecular flexibility index (Phi) is 3.70. The van der Waals surface area contributed by atoms with Crippen LogP contribution in [-0.2, 0) is 9.84 Å². The van der Waals surface area contributed by atoms with Crippen LogP contribution in [0.25, 0.3) is 0 Å². The van der Waals surface area contributed by atoms with Gasteiger partial charge in [-0.1, -0.05) is 0 Å². The van der Waals surface area contributed by atoms with Gasteiger partial charge in [-0.25, -0.2) is 13.2 Å². The third-order valence-electron chi connectivity index (χ3n) is 2.02. The van der Waals surface area contributed by atoms with E-state index < -0.39 is 21.6 Å². The van der Waals surface area contributed by atoms with Gasteiger partial charge in [0.15, 0.2) is 9.84 Å². The lowest BCUT2D eigenvalue weighted by molar-refractivity contribution is 0.0693. The molecule has 17 heavy (non-hydrogen) atoms. The van der Waals surface area contributed by atoms with Crippen molar-refractivity contribution >= 4 is 15.8 Å². The molecule has 0 saturated heterocycles. The number of carboxylic acids is 1. The molecule has 90 valence electrons. The second-order valence-electron chi connectivity index (χ2n) is 3.08. The number of methoxy groups -OCH3 is 1. The van der Waals surface area contributed by atoms with Gasteiger partial charge in [0.1, 0.15) is 17.1 Å². The summed E-state index contributed by atoms with van der Waals surface area (Å²) in [4.78, 5) is 10.7. The minimum atomic E-state index is -3.77. The first-order valence-electron chi connectivity index (χ1n) is 4.43. The molecule has 0 aliphatic rings. The zero-order valence-corrected chi connectivity index (χ0v) is 9.69. The number of benzene rings is 1. The van der Waals surface area contributed by atoms with Gasteiger partial charge in [-0.2, -0.15) is 5.26 Å². The van der Waals surface area contributed by atoms with Crippen LogP contribution >= 0.6 is 0 Å². The number of sulfone groups is 1. The largest absolute Gasteiger partial charge is 0.496 e. The molecule has 6 nitrogen and oxygen atoms in total. The number of ether oxygens (including phenoxy) is 1. The van der Waals surface area contributed by atoms with Gasteiger partial charge in [0.2, 0.25) is 0 Å². The summed E-state index contributed by atoms with van der Waals surface area (Å²) in [6.07, 6.45) is 0. The zero-order chi connectivity index (χ0) is 13.1. The molecule has 0 aliphatic heterocycles. The fourth-order valence-electron chi connectivity index (χ4n) is 1.22. The highest BCUT2D eigenvalue weighted by Gasteiger charge is 2.19. The molecule has 0 aliphatic carbocycles. The quantitative estimate of drug-likeness (QED) is 0.848. The topological polar surface area (TPSA) is 104 Å². The van der Waals surface area contributed by atoms with E-state index >= 15 is 0 Å². The third-order valence-corrected chi connectivity index (χ3v) is 3.50. The number of carboxylic acid groups (broad SMARTS) is 1. The van der Waals surface area contributed by atoms with E-state index in [1.807, 2.05) is 0 Å². The highest BCUT2D eigenvalue weighted by Crippen LogP contribution is 2.22.